The van der Waals surface area contributed by atoms with Crippen LogP contribution in [0.2, 0.25) is 0 Å². The SMILES string of the molecule is COC(=O)c1ccnc(N2CCCC(NC(=O)C[N+](C)(C)C)C2)c1. The third-order valence-electron chi connectivity index (χ3n) is 3.90. The van der Waals surface area contributed by atoms with Gasteiger partial charge in [0, 0.05) is 25.3 Å². The molecule has 0 aromatic carbocycles. The van der Waals surface area contributed by atoms with Crippen molar-refractivity contribution >= 4 is 17.7 Å². The van der Waals surface area contributed by atoms with Gasteiger partial charge in [0.1, 0.15) is 5.82 Å². The minimum Gasteiger partial charge on any atom is -0.465 e. The molecular weight excluding hydrogens is 308 g/mol. The smallest absolute Gasteiger partial charge is 0.338 e. The van der Waals surface area contributed by atoms with Crippen molar-refractivity contribution in [2.45, 2.75) is 18.9 Å². The number of carbonyl (C=O) groups excluding carboxylic acids is 2. The number of amides is 1. The van der Waals surface area contributed by atoms with Crippen LogP contribution in [0.1, 0.15) is 23.2 Å². The Labute approximate surface area is 143 Å². The third kappa shape index (κ3) is 5.19. The first-order chi connectivity index (χ1) is 11.3. The normalized spacial score (nSPS) is 18.2. The van der Waals surface area contributed by atoms with E-state index < -0.39 is 0 Å². The van der Waals surface area contributed by atoms with Gasteiger partial charge in [-0.2, -0.15) is 0 Å². The molecule has 1 unspecified atom stereocenters. The Bertz CT molecular complexity index is 598. The van der Waals surface area contributed by atoms with Crippen molar-refractivity contribution in [3.05, 3.63) is 23.9 Å². The van der Waals surface area contributed by atoms with Crippen molar-refractivity contribution in [1.29, 1.82) is 0 Å². The highest BCUT2D eigenvalue weighted by molar-refractivity contribution is 5.90. The van der Waals surface area contributed by atoms with E-state index in [9.17, 15) is 9.59 Å². The van der Waals surface area contributed by atoms with Gasteiger partial charge in [0.25, 0.3) is 5.91 Å². The van der Waals surface area contributed by atoms with Crippen LogP contribution >= 0.6 is 0 Å². The quantitative estimate of drug-likeness (QED) is 0.632. The maximum Gasteiger partial charge on any atom is 0.338 e. The van der Waals surface area contributed by atoms with Gasteiger partial charge < -0.3 is 19.4 Å². The molecule has 2 rings (SSSR count). The summed E-state index contributed by atoms with van der Waals surface area (Å²) in [6, 6.07) is 3.48. The van der Waals surface area contributed by atoms with Crippen molar-refractivity contribution in [3.8, 4) is 0 Å². The first-order valence-electron chi connectivity index (χ1n) is 8.17. The lowest BCUT2D eigenvalue weighted by Crippen LogP contribution is -2.52. The number of pyridine rings is 1. The fourth-order valence-electron chi connectivity index (χ4n) is 2.84. The number of ether oxygens (including phenoxy) is 1. The summed E-state index contributed by atoms with van der Waals surface area (Å²) in [5, 5.41) is 3.11. The van der Waals surface area contributed by atoms with Gasteiger partial charge in [0.15, 0.2) is 6.54 Å². The number of nitrogens with zero attached hydrogens (tertiary/aromatic N) is 3. The Morgan fingerprint density at radius 3 is 2.83 bits per heavy atom. The molecule has 1 aliphatic heterocycles. The van der Waals surface area contributed by atoms with E-state index in [-0.39, 0.29) is 17.9 Å². The van der Waals surface area contributed by atoms with Gasteiger partial charge >= 0.3 is 5.97 Å². The predicted molar refractivity (Wildman–Crippen MR) is 91.9 cm³/mol. The van der Waals surface area contributed by atoms with Gasteiger partial charge in [-0.1, -0.05) is 0 Å². The first-order valence-corrected chi connectivity index (χ1v) is 8.17. The molecule has 24 heavy (non-hydrogen) atoms. The monoisotopic (exact) mass is 335 g/mol. The molecule has 1 aliphatic rings. The van der Waals surface area contributed by atoms with Crippen LogP contribution < -0.4 is 10.2 Å². The number of nitrogens with one attached hydrogen (secondary N) is 1. The van der Waals surface area contributed by atoms with E-state index in [4.69, 9.17) is 4.74 Å². The highest BCUT2D eigenvalue weighted by atomic mass is 16.5. The second-order valence-corrected chi connectivity index (χ2v) is 7.20. The Morgan fingerprint density at radius 2 is 2.17 bits per heavy atom. The number of anilines is 1. The summed E-state index contributed by atoms with van der Waals surface area (Å²) in [7, 11) is 7.35. The summed E-state index contributed by atoms with van der Waals surface area (Å²) >= 11 is 0. The lowest BCUT2D eigenvalue weighted by atomic mass is 10.1. The molecular formula is C17H27N4O3+. The maximum atomic E-state index is 12.1. The minimum atomic E-state index is -0.372. The molecule has 1 aromatic rings. The van der Waals surface area contributed by atoms with E-state index >= 15 is 0 Å². The summed E-state index contributed by atoms with van der Waals surface area (Å²) in [6.45, 7) is 2.01. The van der Waals surface area contributed by atoms with Crippen LogP contribution in [0.3, 0.4) is 0 Å². The molecule has 1 aromatic heterocycles. The number of hydrogen-bond acceptors (Lipinski definition) is 5. The first kappa shape index (κ1) is 18.2. The average Bonchev–Trinajstić information content (AvgIpc) is 2.52. The van der Waals surface area contributed by atoms with Crippen LogP contribution in [-0.4, -0.2) is 75.3 Å². The number of methoxy groups -OCH3 is 1. The van der Waals surface area contributed by atoms with Crippen LogP contribution in [0.5, 0.6) is 0 Å². The molecule has 0 spiro atoms. The summed E-state index contributed by atoms with van der Waals surface area (Å²) in [5.41, 5.74) is 0.485. The van der Waals surface area contributed by atoms with Gasteiger partial charge in [0.05, 0.1) is 33.8 Å². The van der Waals surface area contributed by atoms with Crippen molar-refractivity contribution in [1.82, 2.24) is 10.3 Å². The van der Waals surface area contributed by atoms with E-state index in [1.54, 1.807) is 18.3 Å². The Morgan fingerprint density at radius 1 is 1.42 bits per heavy atom. The second kappa shape index (κ2) is 7.61. The number of likely N-dealkylation sites (N-methyl/N-ethyl adjacent to an activating group) is 1. The number of rotatable bonds is 5. The molecule has 7 heteroatoms. The topological polar surface area (TPSA) is 71.5 Å². The summed E-state index contributed by atoms with van der Waals surface area (Å²) < 4.78 is 5.36. The van der Waals surface area contributed by atoms with Crippen LogP contribution in [-0.2, 0) is 9.53 Å². The third-order valence-corrected chi connectivity index (χ3v) is 3.90. The highest BCUT2D eigenvalue weighted by Gasteiger charge is 2.24. The van der Waals surface area contributed by atoms with Crippen LogP contribution in [0.25, 0.3) is 0 Å². The van der Waals surface area contributed by atoms with Crippen LogP contribution in [0.15, 0.2) is 18.3 Å². The van der Waals surface area contributed by atoms with E-state index in [0.29, 0.717) is 23.1 Å². The van der Waals surface area contributed by atoms with Gasteiger partial charge in [0.2, 0.25) is 0 Å². The molecule has 0 radical (unpaired) electrons. The summed E-state index contributed by atoms with van der Waals surface area (Å²) in [6.07, 6.45) is 3.54. The standard InChI is InChI=1S/C17H26N4O3/c1-21(2,3)12-16(22)19-14-6-5-9-20(11-14)15-10-13(7-8-18-15)17(23)24-4/h7-8,10,14H,5-6,9,11-12H2,1-4H3/p+1. The fourth-order valence-corrected chi connectivity index (χ4v) is 2.84. The Hall–Kier alpha value is -2.15. The van der Waals surface area contributed by atoms with E-state index in [1.807, 2.05) is 21.1 Å². The largest absolute Gasteiger partial charge is 0.465 e. The molecule has 2 heterocycles. The van der Waals surface area contributed by atoms with Gasteiger partial charge in [-0.15, -0.1) is 0 Å². The molecule has 0 saturated carbocycles. The molecule has 1 amide bonds. The van der Waals surface area contributed by atoms with Crippen molar-refractivity contribution in [2.24, 2.45) is 0 Å². The molecule has 0 bridgehead atoms. The second-order valence-electron chi connectivity index (χ2n) is 7.20. The lowest BCUT2D eigenvalue weighted by molar-refractivity contribution is -0.862. The number of aromatic nitrogens is 1. The molecule has 0 aliphatic carbocycles. The van der Waals surface area contributed by atoms with Crippen molar-refractivity contribution in [2.75, 3.05) is 52.8 Å². The van der Waals surface area contributed by atoms with Gasteiger partial charge in [-0.3, -0.25) is 4.79 Å². The number of hydrogen-bond donors (Lipinski definition) is 1. The molecule has 132 valence electrons. The fraction of sp³-hybridized carbons (Fsp3) is 0.588. The van der Waals surface area contributed by atoms with E-state index in [2.05, 4.69) is 15.2 Å². The van der Waals surface area contributed by atoms with Crippen molar-refractivity contribution in [3.63, 3.8) is 0 Å². The van der Waals surface area contributed by atoms with Gasteiger partial charge in [-0.05, 0) is 25.0 Å². The number of piperidine rings is 1. The Kier molecular flexibility index (Phi) is 5.77. The molecule has 1 saturated heterocycles. The van der Waals surface area contributed by atoms with Crippen molar-refractivity contribution < 1.29 is 18.8 Å². The molecule has 7 nitrogen and oxygen atoms in total. The van der Waals surface area contributed by atoms with E-state index in [1.165, 1.54) is 7.11 Å². The number of carbonyl (C=O) groups is 2. The zero-order valence-electron chi connectivity index (χ0n) is 14.9. The van der Waals surface area contributed by atoms with Crippen LogP contribution in [0.4, 0.5) is 5.82 Å². The zero-order chi connectivity index (χ0) is 17.7. The average molecular weight is 335 g/mol. The van der Waals surface area contributed by atoms with Gasteiger partial charge in [-0.25, -0.2) is 9.78 Å². The van der Waals surface area contributed by atoms with Crippen LogP contribution in [0, 0.1) is 0 Å². The van der Waals surface area contributed by atoms with E-state index in [0.717, 1.165) is 25.2 Å². The minimum absolute atomic E-state index is 0.0608. The Balaban J connectivity index is 2.00. The zero-order valence-corrected chi connectivity index (χ0v) is 14.9. The summed E-state index contributed by atoms with van der Waals surface area (Å²) in [5.74, 6) is 0.428. The maximum absolute atomic E-state index is 12.1. The number of esters is 1. The molecule has 1 atom stereocenters. The summed E-state index contributed by atoms with van der Waals surface area (Å²) in [4.78, 5) is 30.3. The predicted octanol–water partition coefficient (Wildman–Crippen LogP) is 0.659. The highest BCUT2D eigenvalue weighted by Crippen LogP contribution is 2.19. The molecule has 1 fully saturated rings. The lowest BCUT2D eigenvalue weighted by Gasteiger charge is -2.34. The number of quaternary nitrogens is 1. The molecule has 1 N–H and O–H groups in total.